The van der Waals surface area contributed by atoms with E-state index in [0.29, 0.717) is 22.8 Å². The van der Waals surface area contributed by atoms with Crippen LogP contribution in [0.5, 0.6) is 17.2 Å². The molecule has 1 aromatic rings. The number of nitrogens with one attached hydrogen (secondary N) is 1. The number of carbonyl (C=O) groups is 2. The summed E-state index contributed by atoms with van der Waals surface area (Å²) in [6, 6.07) is 3.28. The Kier molecular flexibility index (Phi) is 4.99. The van der Waals surface area contributed by atoms with Crippen molar-refractivity contribution < 1.29 is 23.8 Å². The smallest absolute Gasteiger partial charge is 0.309 e. The number of nitrogens with two attached hydrogens (primary N) is 1. The number of methoxy groups -OCH3 is 3. The molecule has 0 unspecified atom stereocenters. The van der Waals surface area contributed by atoms with E-state index in [1.54, 1.807) is 12.1 Å². The molecule has 0 aliphatic carbocycles. The van der Waals surface area contributed by atoms with Crippen LogP contribution in [0.3, 0.4) is 0 Å². The molecule has 1 aromatic carbocycles. The van der Waals surface area contributed by atoms with Crippen LogP contribution in [0, 0.1) is 0 Å². The minimum absolute atomic E-state index is 0.0886. The third-order valence-electron chi connectivity index (χ3n) is 2.45. The predicted molar refractivity (Wildman–Crippen MR) is 67.1 cm³/mol. The average molecular weight is 268 g/mol. The topological polar surface area (TPSA) is 99.9 Å². The van der Waals surface area contributed by atoms with Gasteiger partial charge in [0, 0.05) is 18.2 Å². The van der Waals surface area contributed by atoms with Crippen molar-refractivity contribution in [1.82, 2.24) is 5.32 Å². The Balaban J connectivity index is 2.98. The van der Waals surface area contributed by atoms with Crippen molar-refractivity contribution >= 4 is 11.8 Å². The van der Waals surface area contributed by atoms with Gasteiger partial charge >= 0.3 is 11.8 Å². The van der Waals surface area contributed by atoms with Gasteiger partial charge in [0.05, 0.1) is 21.3 Å². The molecular weight excluding hydrogens is 252 g/mol. The van der Waals surface area contributed by atoms with E-state index in [9.17, 15) is 9.59 Å². The van der Waals surface area contributed by atoms with Crippen LogP contribution in [0.15, 0.2) is 12.1 Å². The Morgan fingerprint density at radius 1 is 1.05 bits per heavy atom. The lowest BCUT2D eigenvalue weighted by atomic mass is 10.1. The Bertz CT molecular complexity index is 487. The molecule has 3 N–H and O–H groups in total. The maximum Gasteiger partial charge on any atom is 0.309 e. The highest BCUT2D eigenvalue weighted by Gasteiger charge is 2.14. The van der Waals surface area contributed by atoms with Gasteiger partial charge in [0.2, 0.25) is 0 Å². The number of hydrogen-bond acceptors (Lipinski definition) is 5. The van der Waals surface area contributed by atoms with Crippen molar-refractivity contribution in [3.8, 4) is 17.2 Å². The maximum atomic E-state index is 11.1. The molecular formula is C12H16N2O5. The summed E-state index contributed by atoms with van der Waals surface area (Å²) in [5.41, 5.74) is 5.48. The van der Waals surface area contributed by atoms with Gasteiger partial charge in [0.1, 0.15) is 5.75 Å². The van der Waals surface area contributed by atoms with E-state index in [2.05, 4.69) is 5.32 Å². The molecule has 7 nitrogen and oxygen atoms in total. The number of hydrogen-bond donors (Lipinski definition) is 2. The van der Waals surface area contributed by atoms with E-state index in [-0.39, 0.29) is 6.54 Å². The Hall–Kier alpha value is -2.44. The molecule has 2 amide bonds. The number of amides is 2. The lowest BCUT2D eigenvalue weighted by Crippen LogP contribution is -2.35. The standard InChI is InChI=1S/C12H16N2O5/c1-17-8-5-10(19-3)9(18-2)4-7(8)6-14-12(16)11(13)15/h4-5H,6H2,1-3H3,(H2,13,15)(H,14,16). The van der Waals surface area contributed by atoms with Crippen molar-refractivity contribution in [3.63, 3.8) is 0 Å². The number of carbonyl (C=O) groups excluding carboxylic acids is 2. The third kappa shape index (κ3) is 3.51. The molecule has 19 heavy (non-hydrogen) atoms. The molecule has 104 valence electrons. The summed E-state index contributed by atoms with van der Waals surface area (Å²) < 4.78 is 15.5. The summed E-state index contributed by atoms with van der Waals surface area (Å²) in [6.07, 6.45) is 0. The highest BCUT2D eigenvalue weighted by atomic mass is 16.5. The SMILES string of the molecule is COc1cc(OC)c(OC)cc1CNC(=O)C(N)=O. The summed E-state index contributed by atoms with van der Waals surface area (Å²) in [5.74, 6) is -0.408. The van der Waals surface area contributed by atoms with Crippen molar-refractivity contribution in [2.75, 3.05) is 21.3 Å². The zero-order valence-electron chi connectivity index (χ0n) is 11.0. The van der Waals surface area contributed by atoms with Gasteiger partial charge in [0.25, 0.3) is 0 Å². The zero-order valence-corrected chi connectivity index (χ0v) is 11.0. The van der Waals surface area contributed by atoms with Crippen LogP contribution in [0.2, 0.25) is 0 Å². The Morgan fingerprint density at radius 2 is 1.58 bits per heavy atom. The lowest BCUT2D eigenvalue weighted by molar-refractivity contribution is -0.137. The molecule has 0 fully saturated rings. The second-order valence-electron chi connectivity index (χ2n) is 3.57. The average Bonchev–Trinajstić information content (AvgIpc) is 2.43. The first-order valence-corrected chi connectivity index (χ1v) is 5.40. The first-order valence-electron chi connectivity index (χ1n) is 5.40. The number of benzene rings is 1. The predicted octanol–water partition coefficient (Wildman–Crippen LogP) is -0.186. The summed E-state index contributed by atoms with van der Waals surface area (Å²) in [6.45, 7) is 0.0886. The molecule has 1 rings (SSSR count). The van der Waals surface area contributed by atoms with Crippen LogP contribution >= 0.6 is 0 Å². The Labute approximate surface area is 110 Å². The second kappa shape index (κ2) is 6.48. The molecule has 0 radical (unpaired) electrons. The van der Waals surface area contributed by atoms with Gasteiger partial charge < -0.3 is 25.3 Å². The van der Waals surface area contributed by atoms with Gasteiger partial charge in [-0.15, -0.1) is 0 Å². The lowest BCUT2D eigenvalue weighted by Gasteiger charge is -2.14. The van der Waals surface area contributed by atoms with Crippen molar-refractivity contribution in [2.24, 2.45) is 5.73 Å². The van der Waals surface area contributed by atoms with Crippen molar-refractivity contribution in [2.45, 2.75) is 6.54 Å². The fraction of sp³-hybridized carbons (Fsp3) is 0.333. The zero-order chi connectivity index (χ0) is 14.4. The van der Waals surface area contributed by atoms with E-state index in [0.717, 1.165) is 0 Å². The van der Waals surface area contributed by atoms with Crippen LogP contribution < -0.4 is 25.3 Å². The normalized spacial score (nSPS) is 9.63. The fourth-order valence-corrected chi connectivity index (χ4v) is 1.49. The molecule has 0 aliphatic heterocycles. The molecule has 0 spiro atoms. The van der Waals surface area contributed by atoms with Crippen LogP contribution in [0.25, 0.3) is 0 Å². The van der Waals surface area contributed by atoms with Gasteiger partial charge in [-0.25, -0.2) is 0 Å². The number of rotatable bonds is 5. The minimum atomic E-state index is -1.04. The van der Waals surface area contributed by atoms with E-state index in [1.165, 1.54) is 21.3 Å². The van der Waals surface area contributed by atoms with Gasteiger partial charge in [-0.1, -0.05) is 0 Å². The largest absolute Gasteiger partial charge is 0.496 e. The highest BCUT2D eigenvalue weighted by Crippen LogP contribution is 2.34. The van der Waals surface area contributed by atoms with Gasteiger partial charge in [-0.2, -0.15) is 0 Å². The highest BCUT2D eigenvalue weighted by molar-refractivity contribution is 6.34. The first-order chi connectivity index (χ1) is 9.03. The van der Waals surface area contributed by atoms with E-state index in [4.69, 9.17) is 19.9 Å². The molecule has 0 atom stereocenters. The molecule has 0 aromatic heterocycles. The second-order valence-corrected chi connectivity index (χ2v) is 3.57. The van der Waals surface area contributed by atoms with E-state index in [1.807, 2.05) is 0 Å². The van der Waals surface area contributed by atoms with E-state index >= 15 is 0 Å². The summed E-state index contributed by atoms with van der Waals surface area (Å²) in [5, 5.41) is 2.37. The molecule has 0 bridgehead atoms. The van der Waals surface area contributed by atoms with Crippen LogP contribution in [-0.4, -0.2) is 33.1 Å². The summed E-state index contributed by atoms with van der Waals surface area (Å²) in [7, 11) is 4.49. The molecule has 7 heteroatoms. The Morgan fingerprint density at radius 3 is 2.05 bits per heavy atom. The van der Waals surface area contributed by atoms with Gasteiger partial charge in [-0.05, 0) is 6.07 Å². The fourth-order valence-electron chi connectivity index (χ4n) is 1.49. The summed E-state index contributed by atoms with van der Waals surface area (Å²) >= 11 is 0. The van der Waals surface area contributed by atoms with Crippen molar-refractivity contribution in [3.05, 3.63) is 17.7 Å². The molecule has 0 heterocycles. The van der Waals surface area contributed by atoms with Crippen molar-refractivity contribution in [1.29, 1.82) is 0 Å². The van der Waals surface area contributed by atoms with Gasteiger partial charge in [-0.3, -0.25) is 9.59 Å². The molecule has 0 saturated heterocycles. The number of primary amides is 1. The summed E-state index contributed by atoms with van der Waals surface area (Å²) in [4.78, 5) is 21.7. The number of ether oxygens (including phenoxy) is 3. The van der Waals surface area contributed by atoms with Gasteiger partial charge in [0.15, 0.2) is 11.5 Å². The van der Waals surface area contributed by atoms with Crippen LogP contribution in [0.1, 0.15) is 5.56 Å². The molecule has 0 aliphatic rings. The van der Waals surface area contributed by atoms with Crippen LogP contribution in [-0.2, 0) is 16.1 Å². The molecule has 0 saturated carbocycles. The maximum absolute atomic E-state index is 11.1. The minimum Gasteiger partial charge on any atom is -0.496 e. The first kappa shape index (κ1) is 14.6. The third-order valence-corrected chi connectivity index (χ3v) is 2.45. The quantitative estimate of drug-likeness (QED) is 0.721. The van der Waals surface area contributed by atoms with E-state index < -0.39 is 11.8 Å². The van der Waals surface area contributed by atoms with Crippen LogP contribution in [0.4, 0.5) is 0 Å². The monoisotopic (exact) mass is 268 g/mol.